The highest BCUT2D eigenvalue weighted by Crippen LogP contribution is 2.31. The van der Waals surface area contributed by atoms with Gasteiger partial charge in [0.15, 0.2) is 0 Å². The standard InChI is InChI=1S/C16H21N3O/c1-11-5-4-8-16(18,9-11)15(20)19-14-7-3-6-12(2)13(14)10-17/h3,6-7,11H,4-5,8-9,18H2,1-2H3,(H,19,20). The van der Waals surface area contributed by atoms with Gasteiger partial charge < -0.3 is 11.1 Å². The Bertz CT molecular complexity index is 561. The molecule has 2 unspecified atom stereocenters. The Hall–Kier alpha value is -1.86. The van der Waals surface area contributed by atoms with Crippen LogP contribution in [0.3, 0.4) is 0 Å². The highest BCUT2D eigenvalue weighted by molar-refractivity contribution is 5.99. The van der Waals surface area contributed by atoms with Crippen molar-refractivity contribution in [3.05, 3.63) is 29.3 Å². The second-order valence-electron chi connectivity index (χ2n) is 5.92. The number of carbonyl (C=O) groups is 1. The SMILES string of the molecule is Cc1cccc(NC(=O)C2(N)CCCC(C)C2)c1C#N. The molecule has 0 heterocycles. The fraction of sp³-hybridized carbons (Fsp3) is 0.500. The summed E-state index contributed by atoms with van der Waals surface area (Å²) in [4.78, 5) is 12.5. The molecule has 0 bridgehead atoms. The van der Waals surface area contributed by atoms with E-state index in [2.05, 4.69) is 18.3 Å². The zero-order chi connectivity index (χ0) is 14.8. The van der Waals surface area contributed by atoms with Crippen molar-refractivity contribution in [1.29, 1.82) is 5.26 Å². The number of nitrogens with two attached hydrogens (primary N) is 1. The van der Waals surface area contributed by atoms with Crippen LogP contribution in [0.25, 0.3) is 0 Å². The number of hydrogen-bond donors (Lipinski definition) is 2. The highest BCUT2D eigenvalue weighted by atomic mass is 16.2. The summed E-state index contributed by atoms with van der Waals surface area (Å²) in [6.07, 6.45) is 3.51. The largest absolute Gasteiger partial charge is 0.323 e. The van der Waals surface area contributed by atoms with Gasteiger partial charge in [-0.2, -0.15) is 5.26 Å². The van der Waals surface area contributed by atoms with Crippen LogP contribution in [0.15, 0.2) is 18.2 Å². The summed E-state index contributed by atoms with van der Waals surface area (Å²) >= 11 is 0. The Balaban J connectivity index is 2.20. The molecule has 1 amide bonds. The first-order valence-corrected chi connectivity index (χ1v) is 7.06. The molecule has 1 fully saturated rings. The number of rotatable bonds is 2. The van der Waals surface area contributed by atoms with Gasteiger partial charge in [0.1, 0.15) is 6.07 Å². The lowest BCUT2D eigenvalue weighted by molar-refractivity contribution is -0.122. The first-order chi connectivity index (χ1) is 9.46. The third-order valence-corrected chi connectivity index (χ3v) is 4.12. The highest BCUT2D eigenvalue weighted by Gasteiger charge is 2.38. The number of nitriles is 1. The summed E-state index contributed by atoms with van der Waals surface area (Å²) < 4.78 is 0. The number of aryl methyl sites for hydroxylation is 1. The van der Waals surface area contributed by atoms with E-state index in [-0.39, 0.29) is 5.91 Å². The van der Waals surface area contributed by atoms with Crippen LogP contribution in [0.5, 0.6) is 0 Å². The first kappa shape index (κ1) is 14.5. The van der Waals surface area contributed by atoms with E-state index >= 15 is 0 Å². The molecule has 0 aliphatic heterocycles. The second-order valence-corrected chi connectivity index (χ2v) is 5.92. The molecule has 20 heavy (non-hydrogen) atoms. The minimum absolute atomic E-state index is 0.175. The molecule has 1 saturated carbocycles. The van der Waals surface area contributed by atoms with Gasteiger partial charge in [-0.05, 0) is 37.3 Å². The van der Waals surface area contributed by atoms with Crippen molar-refractivity contribution in [2.45, 2.75) is 45.1 Å². The lowest BCUT2D eigenvalue weighted by atomic mass is 9.76. The molecule has 1 aromatic rings. The minimum atomic E-state index is -0.811. The summed E-state index contributed by atoms with van der Waals surface area (Å²) in [7, 11) is 0. The van der Waals surface area contributed by atoms with Gasteiger partial charge in [0.05, 0.1) is 16.8 Å². The van der Waals surface area contributed by atoms with Gasteiger partial charge in [-0.3, -0.25) is 4.79 Å². The third kappa shape index (κ3) is 2.83. The summed E-state index contributed by atoms with van der Waals surface area (Å²) in [5.41, 5.74) is 7.38. The molecule has 0 saturated heterocycles. The normalized spacial score (nSPS) is 25.8. The average Bonchev–Trinajstić information content (AvgIpc) is 2.38. The van der Waals surface area contributed by atoms with Crippen LogP contribution in [0.4, 0.5) is 5.69 Å². The van der Waals surface area contributed by atoms with Gasteiger partial charge in [-0.1, -0.05) is 31.9 Å². The van der Waals surface area contributed by atoms with Crippen molar-refractivity contribution in [2.24, 2.45) is 11.7 Å². The van der Waals surface area contributed by atoms with Crippen LogP contribution in [0, 0.1) is 24.2 Å². The molecule has 3 N–H and O–H groups in total. The van der Waals surface area contributed by atoms with E-state index in [0.717, 1.165) is 18.4 Å². The van der Waals surface area contributed by atoms with Crippen molar-refractivity contribution in [3.63, 3.8) is 0 Å². The van der Waals surface area contributed by atoms with Crippen LogP contribution in [-0.2, 0) is 4.79 Å². The topological polar surface area (TPSA) is 78.9 Å². The molecule has 0 aromatic heterocycles. The second kappa shape index (κ2) is 5.64. The van der Waals surface area contributed by atoms with Crippen LogP contribution in [-0.4, -0.2) is 11.4 Å². The van der Waals surface area contributed by atoms with Crippen LogP contribution < -0.4 is 11.1 Å². The molecule has 0 spiro atoms. The molecule has 2 atom stereocenters. The Morgan fingerprint density at radius 2 is 2.30 bits per heavy atom. The average molecular weight is 271 g/mol. The van der Waals surface area contributed by atoms with Crippen molar-refractivity contribution < 1.29 is 4.79 Å². The van der Waals surface area contributed by atoms with Gasteiger partial charge in [-0.25, -0.2) is 0 Å². The zero-order valence-electron chi connectivity index (χ0n) is 12.1. The molecule has 0 radical (unpaired) electrons. The van der Waals surface area contributed by atoms with E-state index in [0.29, 0.717) is 30.0 Å². The Labute approximate surface area is 120 Å². The van der Waals surface area contributed by atoms with Gasteiger partial charge in [-0.15, -0.1) is 0 Å². The molecular formula is C16H21N3O. The van der Waals surface area contributed by atoms with Crippen molar-refractivity contribution in [3.8, 4) is 6.07 Å². The smallest absolute Gasteiger partial charge is 0.244 e. The Kier molecular flexibility index (Phi) is 4.10. The van der Waals surface area contributed by atoms with E-state index < -0.39 is 5.54 Å². The van der Waals surface area contributed by atoms with E-state index in [4.69, 9.17) is 5.73 Å². The van der Waals surface area contributed by atoms with Gasteiger partial charge in [0, 0.05) is 0 Å². The van der Waals surface area contributed by atoms with Crippen LogP contribution in [0.1, 0.15) is 43.7 Å². The molecule has 4 heteroatoms. The van der Waals surface area contributed by atoms with Gasteiger partial charge in [0.25, 0.3) is 0 Å². The lowest BCUT2D eigenvalue weighted by Gasteiger charge is -2.35. The van der Waals surface area contributed by atoms with Crippen LogP contribution in [0.2, 0.25) is 0 Å². The third-order valence-electron chi connectivity index (χ3n) is 4.12. The maximum absolute atomic E-state index is 12.5. The molecular weight excluding hydrogens is 250 g/mol. The molecule has 1 aliphatic carbocycles. The fourth-order valence-electron chi connectivity index (χ4n) is 2.97. The van der Waals surface area contributed by atoms with E-state index in [1.54, 1.807) is 6.07 Å². The predicted octanol–water partition coefficient (Wildman–Crippen LogP) is 2.71. The molecule has 1 aromatic carbocycles. The monoisotopic (exact) mass is 271 g/mol. The van der Waals surface area contributed by atoms with Crippen molar-refractivity contribution in [1.82, 2.24) is 0 Å². The number of benzene rings is 1. The first-order valence-electron chi connectivity index (χ1n) is 7.06. The van der Waals surface area contributed by atoms with Gasteiger partial charge in [0.2, 0.25) is 5.91 Å². The van der Waals surface area contributed by atoms with E-state index in [1.807, 2.05) is 19.1 Å². The lowest BCUT2D eigenvalue weighted by Crippen LogP contribution is -2.53. The fourth-order valence-corrected chi connectivity index (χ4v) is 2.97. The molecule has 4 nitrogen and oxygen atoms in total. The Morgan fingerprint density at radius 1 is 1.55 bits per heavy atom. The summed E-state index contributed by atoms with van der Waals surface area (Å²) in [5, 5.41) is 12.0. The van der Waals surface area contributed by atoms with Crippen molar-refractivity contribution >= 4 is 11.6 Å². The molecule has 1 aliphatic rings. The summed E-state index contributed by atoms with van der Waals surface area (Å²) in [5.74, 6) is 0.290. The van der Waals surface area contributed by atoms with Crippen LogP contribution >= 0.6 is 0 Å². The molecule has 106 valence electrons. The zero-order valence-corrected chi connectivity index (χ0v) is 12.1. The number of anilines is 1. The quantitative estimate of drug-likeness (QED) is 0.868. The minimum Gasteiger partial charge on any atom is -0.323 e. The maximum Gasteiger partial charge on any atom is 0.244 e. The number of amides is 1. The van der Waals surface area contributed by atoms with E-state index in [1.165, 1.54) is 0 Å². The van der Waals surface area contributed by atoms with Gasteiger partial charge >= 0.3 is 0 Å². The molecule has 2 rings (SSSR count). The number of nitrogens with one attached hydrogen (secondary N) is 1. The number of carbonyl (C=O) groups excluding carboxylic acids is 1. The summed E-state index contributed by atoms with van der Waals surface area (Å²) in [6, 6.07) is 7.58. The predicted molar refractivity (Wildman–Crippen MR) is 79.1 cm³/mol. The van der Waals surface area contributed by atoms with Crippen molar-refractivity contribution in [2.75, 3.05) is 5.32 Å². The number of hydrogen-bond acceptors (Lipinski definition) is 3. The summed E-state index contributed by atoms with van der Waals surface area (Å²) in [6.45, 7) is 3.98. The Morgan fingerprint density at radius 3 is 2.95 bits per heavy atom. The van der Waals surface area contributed by atoms with E-state index in [9.17, 15) is 10.1 Å². The maximum atomic E-state index is 12.5. The number of nitrogens with zero attached hydrogens (tertiary/aromatic N) is 1.